The lowest BCUT2D eigenvalue weighted by molar-refractivity contribution is -0.0390. The first-order valence-corrected chi connectivity index (χ1v) is 11.2. The van der Waals surface area contributed by atoms with Gasteiger partial charge in [0.05, 0.1) is 33.5 Å². The van der Waals surface area contributed by atoms with Crippen LogP contribution in [0.25, 0.3) is 0 Å². The van der Waals surface area contributed by atoms with Crippen LogP contribution in [0, 0.1) is 0 Å². The van der Waals surface area contributed by atoms with Crippen LogP contribution in [-0.2, 0) is 29.2 Å². The maximum absolute atomic E-state index is 6.05. The van der Waals surface area contributed by atoms with E-state index in [9.17, 15) is 0 Å². The van der Waals surface area contributed by atoms with Crippen LogP contribution in [0.2, 0.25) is 0 Å². The van der Waals surface area contributed by atoms with Gasteiger partial charge in [0.2, 0.25) is 0 Å². The summed E-state index contributed by atoms with van der Waals surface area (Å²) in [6, 6.07) is 14.3. The number of ether oxygens (including phenoxy) is 4. The molecule has 2 aromatic rings. The van der Waals surface area contributed by atoms with Gasteiger partial charge in [-0.25, -0.2) is 4.99 Å². The molecule has 0 aliphatic carbocycles. The zero-order chi connectivity index (χ0) is 22.6. The van der Waals surface area contributed by atoms with Crippen LogP contribution < -0.4 is 20.1 Å². The Balaban J connectivity index is 0.00000385. The summed E-state index contributed by atoms with van der Waals surface area (Å²) < 4.78 is 22.1. The molecule has 0 saturated carbocycles. The van der Waals surface area contributed by atoms with Gasteiger partial charge in [-0.3, -0.25) is 0 Å². The Labute approximate surface area is 214 Å². The molecule has 0 atom stereocenters. The Kier molecular flexibility index (Phi) is 12.3. The Morgan fingerprint density at radius 3 is 2.45 bits per heavy atom. The molecule has 1 aliphatic heterocycles. The second kappa shape index (κ2) is 15.0. The summed E-state index contributed by atoms with van der Waals surface area (Å²) in [6.07, 6.45) is 2.25. The maximum atomic E-state index is 6.05. The van der Waals surface area contributed by atoms with Gasteiger partial charge >= 0.3 is 0 Å². The standard InChI is InChI=1S/C25H35N3O4.HI/c1-4-26-25(28-17-20-8-9-23(29-2)24(15-20)30-3)27-16-19-6-5-7-21(14-19)18-32-22-10-12-31-13-11-22;/h5-9,14-15,22H,4,10-13,16-18H2,1-3H3,(H2,26,27,28);1H. The zero-order valence-corrected chi connectivity index (χ0v) is 22.1. The van der Waals surface area contributed by atoms with E-state index >= 15 is 0 Å². The molecule has 0 radical (unpaired) electrons. The van der Waals surface area contributed by atoms with Gasteiger partial charge in [0.1, 0.15) is 0 Å². The number of guanidine groups is 1. The first kappa shape index (κ1) is 27.2. The zero-order valence-electron chi connectivity index (χ0n) is 19.8. The van der Waals surface area contributed by atoms with Crippen LogP contribution in [0.4, 0.5) is 0 Å². The third kappa shape index (κ3) is 9.02. The van der Waals surface area contributed by atoms with Gasteiger partial charge in [-0.05, 0) is 48.6 Å². The highest BCUT2D eigenvalue weighted by atomic mass is 127. The lowest BCUT2D eigenvalue weighted by Crippen LogP contribution is -2.36. The molecule has 0 spiro atoms. The normalized spacial score (nSPS) is 14.3. The van der Waals surface area contributed by atoms with Crippen molar-refractivity contribution in [2.24, 2.45) is 4.99 Å². The number of halogens is 1. The van der Waals surface area contributed by atoms with Gasteiger partial charge in [0.25, 0.3) is 0 Å². The number of hydrogen-bond acceptors (Lipinski definition) is 5. The smallest absolute Gasteiger partial charge is 0.191 e. The van der Waals surface area contributed by atoms with E-state index in [-0.39, 0.29) is 24.0 Å². The van der Waals surface area contributed by atoms with Gasteiger partial charge in [0, 0.05) is 26.3 Å². The summed E-state index contributed by atoms with van der Waals surface area (Å²) in [5.74, 6) is 2.21. The predicted molar refractivity (Wildman–Crippen MR) is 142 cm³/mol. The molecule has 8 heteroatoms. The first-order chi connectivity index (χ1) is 15.7. The summed E-state index contributed by atoms with van der Waals surface area (Å²) in [6.45, 7) is 6.28. The van der Waals surface area contributed by atoms with E-state index in [1.807, 2.05) is 18.2 Å². The molecule has 7 nitrogen and oxygen atoms in total. The number of benzene rings is 2. The van der Waals surface area contributed by atoms with Crippen LogP contribution >= 0.6 is 24.0 Å². The molecule has 182 valence electrons. The van der Waals surface area contributed by atoms with Crippen molar-refractivity contribution in [3.05, 3.63) is 59.2 Å². The van der Waals surface area contributed by atoms with Crippen molar-refractivity contribution < 1.29 is 18.9 Å². The van der Waals surface area contributed by atoms with Gasteiger partial charge in [-0.2, -0.15) is 0 Å². The molecule has 1 saturated heterocycles. The fourth-order valence-electron chi connectivity index (χ4n) is 3.56. The van der Waals surface area contributed by atoms with E-state index in [0.29, 0.717) is 31.5 Å². The SMILES string of the molecule is CCNC(=NCc1cccc(COC2CCOCC2)c1)NCc1ccc(OC)c(OC)c1.I. The highest BCUT2D eigenvalue weighted by Gasteiger charge is 2.14. The quantitative estimate of drug-likeness (QED) is 0.253. The van der Waals surface area contributed by atoms with E-state index in [2.05, 4.69) is 41.8 Å². The van der Waals surface area contributed by atoms with Crippen molar-refractivity contribution in [3.8, 4) is 11.5 Å². The van der Waals surface area contributed by atoms with Gasteiger partial charge in [-0.15, -0.1) is 24.0 Å². The third-order valence-electron chi connectivity index (χ3n) is 5.32. The minimum absolute atomic E-state index is 0. The van der Waals surface area contributed by atoms with Gasteiger partial charge in [-0.1, -0.05) is 30.3 Å². The molecule has 1 aliphatic rings. The van der Waals surface area contributed by atoms with Crippen LogP contribution in [0.15, 0.2) is 47.5 Å². The van der Waals surface area contributed by atoms with Crippen LogP contribution in [-0.4, -0.2) is 46.0 Å². The van der Waals surface area contributed by atoms with Crippen molar-refractivity contribution in [1.29, 1.82) is 0 Å². The molecule has 2 aromatic carbocycles. The summed E-state index contributed by atoms with van der Waals surface area (Å²) in [5.41, 5.74) is 3.41. The summed E-state index contributed by atoms with van der Waals surface area (Å²) >= 11 is 0. The Morgan fingerprint density at radius 1 is 0.970 bits per heavy atom. The lowest BCUT2D eigenvalue weighted by Gasteiger charge is -2.22. The van der Waals surface area contributed by atoms with E-state index in [1.165, 1.54) is 5.56 Å². The number of nitrogens with one attached hydrogen (secondary N) is 2. The lowest BCUT2D eigenvalue weighted by atomic mass is 10.1. The Hall–Kier alpha value is -2.04. The number of methoxy groups -OCH3 is 2. The predicted octanol–water partition coefficient (Wildman–Crippen LogP) is 4.27. The minimum Gasteiger partial charge on any atom is -0.493 e. The van der Waals surface area contributed by atoms with Crippen molar-refractivity contribution in [3.63, 3.8) is 0 Å². The summed E-state index contributed by atoms with van der Waals surface area (Å²) in [5, 5.41) is 6.69. The molecule has 0 unspecified atom stereocenters. The maximum Gasteiger partial charge on any atom is 0.191 e. The van der Waals surface area contributed by atoms with Crippen molar-refractivity contribution >= 4 is 29.9 Å². The van der Waals surface area contributed by atoms with E-state index in [0.717, 1.165) is 55.4 Å². The molecule has 0 bridgehead atoms. The topological polar surface area (TPSA) is 73.3 Å². The molecular formula is C25H36IN3O4. The summed E-state index contributed by atoms with van der Waals surface area (Å²) in [4.78, 5) is 4.75. The monoisotopic (exact) mass is 569 g/mol. The number of nitrogens with zero attached hydrogens (tertiary/aromatic N) is 1. The largest absolute Gasteiger partial charge is 0.493 e. The highest BCUT2D eigenvalue weighted by molar-refractivity contribution is 14.0. The number of rotatable bonds is 10. The molecule has 33 heavy (non-hydrogen) atoms. The van der Waals surface area contributed by atoms with Crippen LogP contribution in [0.3, 0.4) is 0 Å². The minimum atomic E-state index is 0. The third-order valence-corrected chi connectivity index (χ3v) is 5.32. The van der Waals surface area contributed by atoms with E-state index in [1.54, 1.807) is 14.2 Å². The second-order valence-corrected chi connectivity index (χ2v) is 7.68. The first-order valence-electron chi connectivity index (χ1n) is 11.2. The Bertz CT molecular complexity index is 872. The molecule has 1 heterocycles. The van der Waals surface area contributed by atoms with E-state index in [4.69, 9.17) is 23.9 Å². The second-order valence-electron chi connectivity index (χ2n) is 7.68. The average molecular weight is 569 g/mol. The van der Waals surface area contributed by atoms with Gasteiger partial charge < -0.3 is 29.6 Å². The Morgan fingerprint density at radius 2 is 1.73 bits per heavy atom. The average Bonchev–Trinajstić information content (AvgIpc) is 2.85. The fourth-order valence-corrected chi connectivity index (χ4v) is 3.56. The molecule has 3 rings (SSSR count). The number of hydrogen-bond donors (Lipinski definition) is 2. The molecule has 0 aromatic heterocycles. The number of aliphatic imine (C=N–C) groups is 1. The van der Waals surface area contributed by atoms with Gasteiger partial charge in [0.15, 0.2) is 17.5 Å². The van der Waals surface area contributed by atoms with Crippen molar-refractivity contribution in [2.75, 3.05) is 34.0 Å². The highest BCUT2D eigenvalue weighted by Crippen LogP contribution is 2.27. The fraction of sp³-hybridized carbons (Fsp3) is 0.480. The molecular weight excluding hydrogens is 533 g/mol. The van der Waals surface area contributed by atoms with Crippen LogP contribution in [0.5, 0.6) is 11.5 Å². The molecule has 0 amide bonds. The van der Waals surface area contributed by atoms with Crippen molar-refractivity contribution in [1.82, 2.24) is 10.6 Å². The molecule has 2 N–H and O–H groups in total. The van der Waals surface area contributed by atoms with Crippen LogP contribution in [0.1, 0.15) is 36.5 Å². The van der Waals surface area contributed by atoms with E-state index < -0.39 is 0 Å². The van der Waals surface area contributed by atoms with Crippen molar-refractivity contribution in [2.45, 2.75) is 45.6 Å². The summed E-state index contributed by atoms with van der Waals surface area (Å²) in [7, 11) is 3.28. The molecule has 1 fully saturated rings.